The molecule has 1 fully saturated rings. The molecule has 2 aromatic heterocycles. The van der Waals surface area contributed by atoms with E-state index in [0.29, 0.717) is 16.9 Å². The van der Waals surface area contributed by atoms with Gasteiger partial charge in [-0.1, -0.05) is 6.92 Å². The van der Waals surface area contributed by atoms with Crippen molar-refractivity contribution in [2.24, 2.45) is 0 Å². The van der Waals surface area contributed by atoms with Crippen molar-refractivity contribution in [1.29, 1.82) is 0 Å². The number of halogens is 1. The van der Waals surface area contributed by atoms with E-state index >= 15 is 0 Å². The first-order chi connectivity index (χ1) is 14.1. The second kappa shape index (κ2) is 7.32. The summed E-state index contributed by atoms with van der Waals surface area (Å²) in [4.78, 5) is 7.09. The zero-order chi connectivity index (χ0) is 21.7. The van der Waals surface area contributed by atoms with Crippen LogP contribution in [0.15, 0.2) is 24.3 Å². The molecule has 1 aromatic carbocycles. The van der Waals surface area contributed by atoms with Gasteiger partial charge < -0.3 is 10.4 Å². The second-order valence-corrected chi connectivity index (χ2v) is 9.31. The number of pyridine rings is 1. The molecule has 0 aliphatic carbocycles. The third-order valence-electron chi connectivity index (χ3n) is 6.50. The highest BCUT2D eigenvalue weighted by Gasteiger charge is 2.39. The molecule has 1 unspecified atom stereocenters. The van der Waals surface area contributed by atoms with Crippen LogP contribution in [0.4, 0.5) is 4.39 Å². The molecule has 1 atom stereocenters. The molecule has 1 aliphatic rings. The van der Waals surface area contributed by atoms with Crippen LogP contribution in [0.5, 0.6) is 5.75 Å². The van der Waals surface area contributed by atoms with Gasteiger partial charge in [-0.05, 0) is 57.9 Å². The normalized spacial score (nSPS) is 21.9. The summed E-state index contributed by atoms with van der Waals surface area (Å²) in [6.07, 6.45) is 1.04. The zero-order valence-corrected chi connectivity index (χ0v) is 18.3. The van der Waals surface area contributed by atoms with E-state index in [1.165, 1.54) is 6.07 Å². The molecule has 4 rings (SSSR count). The van der Waals surface area contributed by atoms with E-state index in [1.807, 2.05) is 13.0 Å². The molecule has 1 aliphatic heterocycles. The highest BCUT2D eigenvalue weighted by molar-refractivity contribution is 5.84. The first kappa shape index (κ1) is 20.8. The Labute approximate surface area is 176 Å². The van der Waals surface area contributed by atoms with Gasteiger partial charge in [0.2, 0.25) is 0 Å². The van der Waals surface area contributed by atoms with Gasteiger partial charge in [-0.3, -0.25) is 10.00 Å². The van der Waals surface area contributed by atoms with Gasteiger partial charge >= 0.3 is 0 Å². The lowest BCUT2D eigenvalue weighted by atomic mass is 9.87. The van der Waals surface area contributed by atoms with Gasteiger partial charge in [-0.15, -0.1) is 0 Å². The Morgan fingerprint density at radius 3 is 2.70 bits per heavy atom. The number of aromatic nitrogens is 3. The van der Waals surface area contributed by atoms with Crippen LogP contribution >= 0.6 is 0 Å². The molecule has 0 amide bonds. The van der Waals surface area contributed by atoms with Crippen LogP contribution in [0.1, 0.15) is 45.4 Å². The Morgan fingerprint density at radius 1 is 1.23 bits per heavy atom. The van der Waals surface area contributed by atoms with Crippen molar-refractivity contribution in [3.63, 3.8) is 0 Å². The van der Waals surface area contributed by atoms with E-state index in [0.717, 1.165) is 48.8 Å². The second-order valence-electron chi connectivity index (χ2n) is 9.31. The summed E-state index contributed by atoms with van der Waals surface area (Å²) in [5.74, 6) is -0.601. The lowest BCUT2D eigenvalue weighted by Crippen LogP contribution is -2.66. The minimum atomic E-state index is -0.499. The molecule has 30 heavy (non-hydrogen) atoms. The van der Waals surface area contributed by atoms with Crippen LogP contribution in [0, 0.1) is 12.7 Å². The molecule has 0 spiro atoms. The number of hydrogen-bond donors (Lipinski definition) is 3. The molecular weight excluding hydrogens is 381 g/mol. The van der Waals surface area contributed by atoms with E-state index in [4.69, 9.17) is 0 Å². The number of H-pyrrole nitrogens is 1. The Bertz CT molecular complexity index is 1090. The fraction of sp³-hybridized carbons (Fsp3) is 0.478. The van der Waals surface area contributed by atoms with E-state index in [9.17, 15) is 9.50 Å². The predicted octanol–water partition coefficient (Wildman–Crippen LogP) is 4.13. The number of nitrogens with zero attached hydrogens (tertiary/aromatic N) is 3. The Hall–Kier alpha value is -2.51. The molecule has 7 heteroatoms. The zero-order valence-electron chi connectivity index (χ0n) is 18.3. The molecule has 6 nitrogen and oxygen atoms in total. The van der Waals surface area contributed by atoms with Crippen LogP contribution in [-0.2, 0) is 6.54 Å². The van der Waals surface area contributed by atoms with Gasteiger partial charge in [0.15, 0.2) is 5.65 Å². The van der Waals surface area contributed by atoms with Crippen molar-refractivity contribution in [1.82, 2.24) is 25.4 Å². The minimum absolute atomic E-state index is 0.0220. The Morgan fingerprint density at radius 2 is 2.00 bits per heavy atom. The number of rotatable bonds is 4. The summed E-state index contributed by atoms with van der Waals surface area (Å²) in [6, 6.07) is 6.11. The van der Waals surface area contributed by atoms with Crippen LogP contribution in [0.2, 0.25) is 0 Å². The topological polar surface area (TPSA) is 77.1 Å². The number of nitrogens with one attached hydrogen (secondary N) is 2. The first-order valence-corrected chi connectivity index (χ1v) is 10.5. The number of piperazine rings is 1. The summed E-state index contributed by atoms with van der Waals surface area (Å²) in [5.41, 5.74) is 3.52. The molecule has 0 saturated carbocycles. The van der Waals surface area contributed by atoms with Crippen molar-refractivity contribution >= 4 is 11.0 Å². The van der Waals surface area contributed by atoms with Crippen molar-refractivity contribution in [3.8, 4) is 17.0 Å². The summed E-state index contributed by atoms with van der Waals surface area (Å²) < 4.78 is 14.6. The number of aryl methyl sites for hydroxylation is 1. The number of benzene rings is 1. The average molecular weight is 412 g/mol. The van der Waals surface area contributed by atoms with Crippen molar-refractivity contribution in [2.45, 2.75) is 58.7 Å². The maximum Gasteiger partial charge on any atom is 0.182 e. The quantitative estimate of drug-likeness (QED) is 0.602. The minimum Gasteiger partial charge on any atom is -0.508 e. The highest BCUT2D eigenvalue weighted by atomic mass is 19.1. The summed E-state index contributed by atoms with van der Waals surface area (Å²) in [5, 5.41) is 21.6. The standard InChI is InChI=1S/C23H30FN5O/c1-6-23(5)13-29(22(3,4)12-25-23)11-15-9-19(17-8-7-16(30)10-18(17)24)26-21-20(15)14(2)27-28-21/h7-10,25,30H,6,11-13H2,1-5H3,(H,26,27,28). The number of phenolic OH excluding ortho intramolecular Hbond substituents is 1. The highest BCUT2D eigenvalue weighted by Crippen LogP contribution is 2.33. The predicted molar refractivity (Wildman–Crippen MR) is 117 cm³/mol. The third kappa shape index (κ3) is 3.68. The molecular formula is C23H30FN5O. The Kier molecular flexibility index (Phi) is 5.06. The van der Waals surface area contributed by atoms with Gasteiger partial charge in [-0.25, -0.2) is 9.37 Å². The average Bonchev–Trinajstić information content (AvgIpc) is 3.06. The van der Waals surface area contributed by atoms with Crippen molar-refractivity contribution in [3.05, 3.63) is 41.3 Å². The van der Waals surface area contributed by atoms with Crippen LogP contribution in [0.25, 0.3) is 22.3 Å². The van der Waals surface area contributed by atoms with Crippen LogP contribution < -0.4 is 5.32 Å². The fourth-order valence-electron chi connectivity index (χ4n) is 4.18. The molecule has 0 radical (unpaired) electrons. The van der Waals surface area contributed by atoms with Gasteiger partial charge in [0.25, 0.3) is 0 Å². The van der Waals surface area contributed by atoms with Crippen molar-refractivity contribution < 1.29 is 9.50 Å². The van der Waals surface area contributed by atoms with Crippen LogP contribution in [-0.4, -0.2) is 49.4 Å². The molecule has 1 saturated heterocycles. The lowest BCUT2D eigenvalue weighted by molar-refractivity contribution is 0.0249. The maximum absolute atomic E-state index is 14.6. The number of fused-ring (bicyclic) bond motifs is 1. The molecule has 3 N–H and O–H groups in total. The van der Waals surface area contributed by atoms with Crippen molar-refractivity contribution in [2.75, 3.05) is 13.1 Å². The number of phenols is 1. The largest absolute Gasteiger partial charge is 0.508 e. The summed E-state index contributed by atoms with van der Waals surface area (Å²) in [7, 11) is 0. The molecule has 160 valence electrons. The van der Waals surface area contributed by atoms with Gasteiger partial charge in [0.1, 0.15) is 11.6 Å². The molecule has 0 bridgehead atoms. The third-order valence-corrected chi connectivity index (χ3v) is 6.50. The van der Waals surface area contributed by atoms with E-state index < -0.39 is 5.82 Å². The van der Waals surface area contributed by atoms with E-state index in [2.05, 4.69) is 53.1 Å². The summed E-state index contributed by atoms with van der Waals surface area (Å²) >= 11 is 0. The lowest BCUT2D eigenvalue weighted by Gasteiger charge is -2.51. The van der Waals surface area contributed by atoms with E-state index in [1.54, 1.807) is 6.07 Å². The number of aromatic amines is 1. The van der Waals surface area contributed by atoms with Gasteiger partial charge in [0.05, 0.1) is 5.69 Å². The van der Waals surface area contributed by atoms with Gasteiger partial charge in [0, 0.05) is 53.4 Å². The van der Waals surface area contributed by atoms with Crippen LogP contribution in [0.3, 0.4) is 0 Å². The number of aromatic hydroxyl groups is 1. The molecule has 3 aromatic rings. The number of hydrogen-bond acceptors (Lipinski definition) is 5. The summed E-state index contributed by atoms with van der Waals surface area (Å²) in [6.45, 7) is 13.5. The Balaban J connectivity index is 1.80. The monoisotopic (exact) mass is 411 g/mol. The first-order valence-electron chi connectivity index (χ1n) is 10.5. The smallest absolute Gasteiger partial charge is 0.182 e. The fourth-order valence-corrected chi connectivity index (χ4v) is 4.18. The van der Waals surface area contributed by atoms with Gasteiger partial charge in [-0.2, -0.15) is 5.10 Å². The van der Waals surface area contributed by atoms with E-state index in [-0.39, 0.29) is 16.8 Å². The maximum atomic E-state index is 14.6. The molecule has 3 heterocycles. The SMILES string of the molecule is CCC1(C)CN(Cc2cc(-c3ccc(O)cc3F)nc3n[nH]c(C)c23)C(C)(C)CN1.